The number of aromatic nitrogens is 3. The first-order valence-electron chi connectivity index (χ1n) is 4.93. The minimum absolute atomic E-state index is 0.0818. The molecule has 1 atom stereocenters. The van der Waals surface area contributed by atoms with Gasteiger partial charge in [-0.25, -0.2) is 4.98 Å². The van der Waals surface area contributed by atoms with Crippen LogP contribution in [0.3, 0.4) is 0 Å². The van der Waals surface area contributed by atoms with Gasteiger partial charge in [0.25, 0.3) is 0 Å². The molecule has 0 aliphatic rings. The largest absolute Gasteiger partial charge is 0.385 e. The molecule has 5 nitrogen and oxygen atoms in total. The van der Waals surface area contributed by atoms with Gasteiger partial charge in [-0.1, -0.05) is 6.92 Å². The van der Waals surface area contributed by atoms with E-state index in [4.69, 9.17) is 10.5 Å². The Balaban J connectivity index is 2.39. The first-order chi connectivity index (χ1) is 6.77. The normalized spacial score (nSPS) is 13.1. The minimum atomic E-state index is -0.0818. The minimum Gasteiger partial charge on any atom is -0.385 e. The topological polar surface area (TPSA) is 76.8 Å². The van der Waals surface area contributed by atoms with Crippen molar-refractivity contribution in [2.45, 2.75) is 32.2 Å². The summed E-state index contributed by atoms with van der Waals surface area (Å²) >= 11 is 0. The van der Waals surface area contributed by atoms with Crippen LogP contribution >= 0.6 is 0 Å². The van der Waals surface area contributed by atoms with Gasteiger partial charge in [-0.15, -0.1) is 0 Å². The standard InChI is InChI=1S/C9H18N4O/c1-3-8-11-9(13-12-8)7(10)5-4-6-14-2/h7H,3-6,10H2,1-2H3,(H,11,12,13). The van der Waals surface area contributed by atoms with Gasteiger partial charge in [0, 0.05) is 20.1 Å². The third-order valence-electron chi connectivity index (χ3n) is 2.08. The summed E-state index contributed by atoms with van der Waals surface area (Å²) in [7, 11) is 1.69. The van der Waals surface area contributed by atoms with Crippen molar-refractivity contribution in [3.63, 3.8) is 0 Å². The van der Waals surface area contributed by atoms with Gasteiger partial charge >= 0.3 is 0 Å². The smallest absolute Gasteiger partial charge is 0.167 e. The van der Waals surface area contributed by atoms with Crippen molar-refractivity contribution in [3.05, 3.63) is 11.6 Å². The Hall–Kier alpha value is -0.940. The van der Waals surface area contributed by atoms with Crippen LogP contribution < -0.4 is 5.73 Å². The predicted octanol–water partition coefficient (Wildman–Crippen LogP) is 0.793. The number of hydrogen-bond donors (Lipinski definition) is 2. The van der Waals surface area contributed by atoms with Gasteiger partial charge in [0.1, 0.15) is 5.82 Å². The highest BCUT2D eigenvalue weighted by Crippen LogP contribution is 2.10. The van der Waals surface area contributed by atoms with Crippen molar-refractivity contribution in [2.24, 2.45) is 5.73 Å². The van der Waals surface area contributed by atoms with Gasteiger partial charge in [0.2, 0.25) is 0 Å². The highest BCUT2D eigenvalue weighted by atomic mass is 16.5. The summed E-state index contributed by atoms with van der Waals surface area (Å²) in [6.45, 7) is 2.76. The molecule has 0 saturated carbocycles. The van der Waals surface area contributed by atoms with E-state index in [1.54, 1.807) is 7.11 Å². The number of aryl methyl sites for hydroxylation is 1. The molecule has 0 aliphatic heterocycles. The van der Waals surface area contributed by atoms with Crippen molar-refractivity contribution < 1.29 is 4.74 Å². The lowest BCUT2D eigenvalue weighted by molar-refractivity contribution is 0.190. The average molecular weight is 198 g/mol. The molecule has 14 heavy (non-hydrogen) atoms. The van der Waals surface area contributed by atoms with Crippen LogP contribution in [0.1, 0.15) is 37.5 Å². The van der Waals surface area contributed by atoms with E-state index in [-0.39, 0.29) is 6.04 Å². The molecule has 80 valence electrons. The summed E-state index contributed by atoms with van der Waals surface area (Å²) in [5, 5.41) is 6.92. The lowest BCUT2D eigenvalue weighted by atomic mass is 10.1. The molecule has 0 fully saturated rings. The second-order valence-electron chi connectivity index (χ2n) is 3.24. The molecule has 0 spiro atoms. The van der Waals surface area contributed by atoms with Gasteiger partial charge in [0.05, 0.1) is 6.04 Å². The number of hydrogen-bond acceptors (Lipinski definition) is 4. The SMILES string of the molecule is CCc1nc(C(N)CCCOC)n[nH]1. The Labute approximate surface area is 84.1 Å². The van der Waals surface area contributed by atoms with Crippen molar-refractivity contribution in [3.8, 4) is 0 Å². The highest BCUT2D eigenvalue weighted by Gasteiger charge is 2.10. The first kappa shape index (κ1) is 11.1. The summed E-state index contributed by atoms with van der Waals surface area (Å²) in [6, 6.07) is -0.0818. The lowest BCUT2D eigenvalue weighted by Gasteiger charge is -2.05. The summed E-state index contributed by atoms with van der Waals surface area (Å²) in [4.78, 5) is 4.27. The lowest BCUT2D eigenvalue weighted by Crippen LogP contribution is -2.13. The van der Waals surface area contributed by atoms with Gasteiger partial charge < -0.3 is 10.5 Å². The molecule has 1 aromatic rings. The summed E-state index contributed by atoms with van der Waals surface area (Å²) in [6.07, 6.45) is 2.65. The van der Waals surface area contributed by atoms with Crippen LogP contribution in [0.15, 0.2) is 0 Å². The highest BCUT2D eigenvalue weighted by molar-refractivity contribution is 4.95. The fourth-order valence-corrected chi connectivity index (χ4v) is 1.21. The van der Waals surface area contributed by atoms with E-state index < -0.39 is 0 Å². The summed E-state index contributed by atoms with van der Waals surface area (Å²) < 4.78 is 4.95. The van der Waals surface area contributed by atoms with Gasteiger partial charge in [-0.05, 0) is 12.8 Å². The van der Waals surface area contributed by atoms with Crippen molar-refractivity contribution >= 4 is 0 Å². The Morgan fingerprint density at radius 2 is 2.36 bits per heavy atom. The van der Waals surface area contributed by atoms with Crippen LogP contribution in [0.4, 0.5) is 0 Å². The van der Waals surface area contributed by atoms with Crippen LogP contribution in [0.5, 0.6) is 0 Å². The zero-order chi connectivity index (χ0) is 10.4. The molecular formula is C9H18N4O. The molecule has 3 N–H and O–H groups in total. The number of nitrogens with zero attached hydrogens (tertiary/aromatic N) is 2. The van der Waals surface area contributed by atoms with Crippen LogP contribution in [-0.4, -0.2) is 28.9 Å². The molecular weight excluding hydrogens is 180 g/mol. The van der Waals surface area contributed by atoms with Gasteiger partial charge in [-0.2, -0.15) is 5.10 Å². The second-order valence-corrected chi connectivity index (χ2v) is 3.24. The van der Waals surface area contributed by atoms with E-state index in [9.17, 15) is 0 Å². The molecule has 0 aromatic carbocycles. The van der Waals surface area contributed by atoms with Crippen LogP contribution in [0.2, 0.25) is 0 Å². The van der Waals surface area contributed by atoms with E-state index in [1.807, 2.05) is 6.92 Å². The Kier molecular flexibility index (Phi) is 4.55. The molecule has 5 heteroatoms. The zero-order valence-electron chi connectivity index (χ0n) is 8.79. The van der Waals surface area contributed by atoms with Gasteiger partial charge in [-0.3, -0.25) is 5.10 Å². The maximum absolute atomic E-state index is 5.90. The molecule has 0 saturated heterocycles. The Morgan fingerprint density at radius 1 is 1.57 bits per heavy atom. The quantitative estimate of drug-likeness (QED) is 0.663. The van der Waals surface area contributed by atoms with Gasteiger partial charge in [0.15, 0.2) is 5.82 Å². The van der Waals surface area contributed by atoms with Crippen molar-refractivity contribution in [1.29, 1.82) is 0 Å². The molecule has 0 bridgehead atoms. The van der Waals surface area contributed by atoms with Crippen LogP contribution in [0, 0.1) is 0 Å². The third kappa shape index (κ3) is 3.08. The molecule has 0 radical (unpaired) electrons. The summed E-state index contributed by atoms with van der Waals surface area (Å²) in [5.41, 5.74) is 5.90. The first-order valence-corrected chi connectivity index (χ1v) is 4.93. The predicted molar refractivity (Wildman–Crippen MR) is 53.8 cm³/mol. The summed E-state index contributed by atoms with van der Waals surface area (Å²) in [5.74, 6) is 1.60. The monoisotopic (exact) mass is 198 g/mol. The maximum Gasteiger partial charge on any atom is 0.167 e. The Bertz CT molecular complexity index is 261. The van der Waals surface area contributed by atoms with E-state index >= 15 is 0 Å². The molecule has 1 unspecified atom stereocenters. The molecule has 0 amide bonds. The molecule has 1 heterocycles. The number of ether oxygens (including phenoxy) is 1. The number of nitrogens with two attached hydrogens (primary N) is 1. The zero-order valence-corrected chi connectivity index (χ0v) is 8.79. The number of rotatable bonds is 6. The van der Waals surface area contributed by atoms with E-state index in [1.165, 1.54) is 0 Å². The number of aromatic amines is 1. The number of H-pyrrole nitrogens is 1. The number of nitrogens with one attached hydrogen (secondary N) is 1. The fraction of sp³-hybridized carbons (Fsp3) is 0.778. The second kappa shape index (κ2) is 5.72. The van der Waals surface area contributed by atoms with Crippen LogP contribution in [-0.2, 0) is 11.2 Å². The number of methoxy groups -OCH3 is 1. The third-order valence-corrected chi connectivity index (χ3v) is 2.08. The van der Waals surface area contributed by atoms with E-state index in [0.29, 0.717) is 5.82 Å². The maximum atomic E-state index is 5.90. The Morgan fingerprint density at radius 3 is 2.93 bits per heavy atom. The average Bonchev–Trinajstić information content (AvgIpc) is 2.66. The molecule has 1 aromatic heterocycles. The van der Waals surface area contributed by atoms with E-state index in [0.717, 1.165) is 31.7 Å². The molecule has 1 rings (SSSR count). The van der Waals surface area contributed by atoms with Crippen molar-refractivity contribution in [1.82, 2.24) is 15.2 Å². The van der Waals surface area contributed by atoms with Crippen LogP contribution in [0.25, 0.3) is 0 Å². The van der Waals surface area contributed by atoms with E-state index in [2.05, 4.69) is 15.2 Å². The molecule has 0 aliphatic carbocycles. The van der Waals surface area contributed by atoms with Crippen molar-refractivity contribution in [2.75, 3.05) is 13.7 Å². The fourth-order valence-electron chi connectivity index (χ4n) is 1.21.